The summed E-state index contributed by atoms with van der Waals surface area (Å²) < 4.78 is 13.1. The molecule has 0 radical (unpaired) electrons. The van der Waals surface area contributed by atoms with E-state index in [-0.39, 0.29) is 17.6 Å². The Balaban J connectivity index is 2.09. The third-order valence-corrected chi connectivity index (χ3v) is 3.55. The van der Waals surface area contributed by atoms with Crippen LogP contribution in [0.2, 0.25) is 0 Å². The van der Waals surface area contributed by atoms with E-state index in [1.807, 2.05) is 30.3 Å². The van der Waals surface area contributed by atoms with Crippen LogP contribution in [0.3, 0.4) is 0 Å². The van der Waals surface area contributed by atoms with Crippen molar-refractivity contribution in [2.75, 3.05) is 11.2 Å². The summed E-state index contributed by atoms with van der Waals surface area (Å²) in [5.74, 6) is -0.759. The first-order chi connectivity index (χ1) is 11.7. The molecule has 0 saturated heterocycles. The lowest BCUT2D eigenvalue weighted by Gasteiger charge is -2.09. The number of hydrogen-bond acceptors (Lipinski definition) is 3. The fraction of sp³-hybridized carbons (Fsp3) is 0.0556. The number of rotatable bonds is 4. The first-order valence-electron chi connectivity index (χ1n) is 7.22. The number of alkyl halides is 1. The lowest BCUT2D eigenvalue weighted by Crippen LogP contribution is -2.15. The third kappa shape index (κ3) is 3.75. The SMILES string of the molecule is O=C(CCl)Nc1nc(-c2ccccc2)cc(-c2ccc(F)cc2)n1. The van der Waals surface area contributed by atoms with E-state index in [2.05, 4.69) is 15.3 Å². The van der Waals surface area contributed by atoms with Gasteiger partial charge >= 0.3 is 0 Å². The number of benzene rings is 2. The van der Waals surface area contributed by atoms with Gasteiger partial charge in [-0.2, -0.15) is 0 Å². The van der Waals surface area contributed by atoms with Crippen molar-refractivity contribution in [1.82, 2.24) is 9.97 Å². The Morgan fingerprint density at radius 2 is 1.54 bits per heavy atom. The molecule has 0 aliphatic heterocycles. The van der Waals surface area contributed by atoms with Gasteiger partial charge in [0, 0.05) is 11.1 Å². The molecule has 120 valence electrons. The van der Waals surface area contributed by atoms with E-state index < -0.39 is 5.91 Å². The molecule has 0 fully saturated rings. The van der Waals surface area contributed by atoms with Gasteiger partial charge in [-0.05, 0) is 30.3 Å². The van der Waals surface area contributed by atoms with E-state index in [0.717, 1.165) is 11.1 Å². The lowest BCUT2D eigenvalue weighted by molar-refractivity contribution is -0.114. The van der Waals surface area contributed by atoms with Gasteiger partial charge in [0.15, 0.2) is 0 Å². The molecule has 0 aliphatic rings. The van der Waals surface area contributed by atoms with Crippen LogP contribution in [0.5, 0.6) is 0 Å². The van der Waals surface area contributed by atoms with Crippen molar-refractivity contribution < 1.29 is 9.18 Å². The van der Waals surface area contributed by atoms with E-state index in [9.17, 15) is 9.18 Å². The number of hydrogen-bond donors (Lipinski definition) is 1. The molecule has 0 atom stereocenters. The summed E-state index contributed by atoms with van der Waals surface area (Å²) in [7, 11) is 0. The molecule has 1 heterocycles. The molecule has 0 saturated carbocycles. The zero-order valence-electron chi connectivity index (χ0n) is 12.5. The van der Waals surface area contributed by atoms with Crippen molar-refractivity contribution in [3.05, 3.63) is 66.5 Å². The Kier molecular flexibility index (Phi) is 4.82. The van der Waals surface area contributed by atoms with Crippen LogP contribution in [0.1, 0.15) is 0 Å². The molecule has 1 amide bonds. The van der Waals surface area contributed by atoms with Gasteiger partial charge in [0.25, 0.3) is 0 Å². The van der Waals surface area contributed by atoms with Crippen LogP contribution in [0.4, 0.5) is 10.3 Å². The average molecular weight is 342 g/mol. The molecule has 0 spiro atoms. The lowest BCUT2D eigenvalue weighted by atomic mass is 10.1. The normalized spacial score (nSPS) is 10.4. The van der Waals surface area contributed by atoms with Crippen LogP contribution in [0.15, 0.2) is 60.7 Å². The molecule has 3 rings (SSSR count). The Morgan fingerprint density at radius 3 is 2.12 bits per heavy atom. The van der Waals surface area contributed by atoms with E-state index in [4.69, 9.17) is 11.6 Å². The van der Waals surface area contributed by atoms with Crippen LogP contribution >= 0.6 is 11.6 Å². The van der Waals surface area contributed by atoms with Gasteiger partial charge in [0.1, 0.15) is 11.7 Å². The van der Waals surface area contributed by atoms with Gasteiger partial charge in [-0.1, -0.05) is 30.3 Å². The van der Waals surface area contributed by atoms with Gasteiger partial charge in [-0.25, -0.2) is 14.4 Å². The topological polar surface area (TPSA) is 54.9 Å². The zero-order chi connectivity index (χ0) is 16.9. The molecule has 4 nitrogen and oxygen atoms in total. The highest BCUT2D eigenvalue weighted by Gasteiger charge is 2.10. The molecule has 1 aromatic heterocycles. The summed E-state index contributed by atoms with van der Waals surface area (Å²) in [4.78, 5) is 20.2. The molecule has 3 aromatic rings. The number of anilines is 1. The van der Waals surface area contributed by atoms with Crippen LogP contribution < -0.4 is 5.32 Å². The smallest absolute Gasteiger partial charge is 0.241 e. The standard InChI is InChI=1S/C18H13ClFN3O/c19-11-17(24)23-18-21-15(12-4-2-1-3-5-12)10-16(22-18)13-6-8-14(20)9-7-13/h1-10H,11H2,(H,21,22,23,24). The molecule has 0 bridgehead atoms. The van der Waals surface area contributed by atoms with E-state index in [1.54, 1.807) is 18.2 Å². The zero-order valence-corrected chi connectivity index (χ0v) is 13.3. The maximum absolute atomic E-state index is 13.1. The highest BCUT2D eigenvalue weighted by molar-refractivity contribution is 6.28. The van der Waals surface area contributed by atoms with Crippen molar-refractivity contribution in [2.24, 2.45) is 0 Å². The van der Waals surface area contributed by atoms with Crippen LogP contribution in [-0.4, -0.2) is 21.8 Å². The summed E-state index contributed by atoms with van der Waals surface area (Å²) in [6.45, 7) is 0. The molecular weight excluding hydrogens is 329 g/mol. The van der Waals surface area contributed by atoms with Crippen LogP contribution in [0, 0.1) is 5.82 Å². The molecular formula is C18H13ClFN3O. The summed E-state index contributed by atoms with van der Waals surface area (Å²) in [5.41, 5.74) is 2.82. The number of nitrogens with zero attached hydrogens (tertiary/aromatic N) is 2. The Hall–Kier alpha value is -2.79. The molecule has 2 aromatic carbocycles. The third-order valence-electron chi connectivity index (χ3n) is 3.31. The average Bonchev–Trinajstić information content (AvgIpc) is 2.62. The van der Waals surface area contributed by atoms with E-state index in [1.165, 1.54) is 12.1 Å². The highest BCUT2D eigenvalue weighted by atomic mass is 35.5. The van der Waals surface area contributed by atoms with Crippen molar-refractivity contribution in [2.45, 2.75) is 0 Å². The number of nitrogens with one attached hydrogen (secondary N) is 1. The van der Waals surface area contributed by atoms with Crippen molar-refractivity contribution >= 4 is 23.5 Å². The fourth-order valence-electron chi connectivity index (χ4n) is 2.19. The first-order valence-corrected chi connectivity index (χ1v) is 7.75. The van der Waals surface area contributed by atoms with Gasteiger partial charge in [-0.15, -0.1) is 11.6 Å². The quantitative estimate of drug-likeness (QED) is 0.726. The summed E-state index contributed by atoms with van der Waals surface area (Å²) >= 11 is 5.52. The van der Waals surface area contributed by atoms with Crippen LogP contribution in [-0.2, 0) is 4.79 Å². The predicted molar refractivity (Wildman–Crippen MR) is 92.2 cm³/mol. The molecule has 1 N–H and O–H groups in total. The van der Waals surface area contributed by atoms with Gasteiger partial charge < -0.3 is 0 Å². The maximum atomic E-state index is 13.1. The predicted octanol–water partition coefficient (Wildman–Crippen LogP) is 4.13. The number of amides is 1. The minimum atomic E-state index is -0.396. The summed E-state index contributed by atoms with van der Waals surface area (Å²) in [5, 5.41) is 2.56. The molecule has 0 aliphatic carbocycles. The number of aromatic nitrogens is 2. The number of carbonyl (C=O) groups excluding carboxylic acids is 1. The van der Waals surface area contributed by atoms with Crippen molar-refractivity contribution in [3.8, 4) is 22.5 Å². The summed E-state index contributed by atoms with van der Waals surface area (Å²) in [6.07, 6.45) is 0. The van der Waals surface area contributed by atoms with E-state index >= 15 is 0 Å². The second kappa shape index (κ2) is 7.19. The van der Waals surface area contributed by atoms with Crippen molar-refractivity contribution in [1.29, 1.82) is 0 Å². The maximum Gasteiger partial charge on any atom is 0.241 e. The Morgan fingerprint density at radius 1 is 0.958 bits per heavy atom. The molecule has 6 heteroatoms. The van der Waals surface area contributed by atoms with Crippen molar-refractivity contribution in [3.63, 3.8) is 0 Å². The number of carbonyl (C=O) groups is 1. The largest absolute Gasteiger partial charge is 0.293 e. The first kappa shape index (κ1) is 16.1. The van der Waals surface area contributed by atoms with E-state index in [0.29, 0.717) is 11.4 Å². The van der Waals surface area contributed by atoms with Gasteiger partial charge in [0.2, 0.25) is 11.9 Å². The minimum absolute atomic E-state index is 0.154. The Bertz CT molecular complexity index is 854. The monoisotopic (exact) mass is 341 g/mol. The summed E-state index contributed by atoms with van der Waals surface area (Å²) in [6, 6.07) is 17.3. The highest BCUT2D eigenvalue weighted by Crippen LogP contribution is 2.25. The van der Waals surface area contributed by atoms with Gasteiger partial charge in [-0.3, -0.25) is 10.1 Å². The number of halogens is 2. The fourth-order valence-corrected chi connectivity index (χ4v) is 2.25. The Labute approximate surface area is 143 Å². The molecule has 0 unspecified atom stereocenters. The second-order valence-electron chi connectivity index (χ2n) is 5.02. The minimum Gasteiger partial charge on any atom is -0.293 e. The van der Waals surface area contributed by atoms with Crippen LogP contribution in [0.25, 0.3) is 22.5 Å². The molecule has 24 heavy (non-hydrogen) atoms. The van der Waals surface area contributed by atoms with Gasteiger partial charge in [0.05, 0.1) is 11.4 Å². The second-order valence-corrected chi connectivity index (χ2v) is 5.28.